The van der Waals surface area contributed by atoms with Crippen LogP contribution in [0.2, 0.25) is 0 Å². The molecule has 1 aromatic carbocycles. The van der Waals surface area contributed by atoms with Gasteiger partial charge in [-0.1, -0.05) is 24.3 Å². The number of aliphatic hydroxyl groups excluding tert-OH is 2. The van der Waals surface area contributed by atoms with Crippen LogP contribution in [-0.2, 0) is 0 Å². The van der Waals surface area contributed by atoms with E-state index in [0.29, 0.717) is 23.7 Å². The molecule has 18 heavy (non-hydrogen) atoms. The molecule has 2 unspecified atom stereocenters. The van der Waals surface area contributed by atoms with Gasteiger partial charge in [-0.2, -0.15) is 5.21 Å². The molecule has 0 aliphatic carbocycles. The van der Waals surface area contributed by atoms with Crippen molar-refractivity contribution in [3.63, 3.8) is 0 Å². The summed E-state index contributed by atoms with van der Waals surface area (Å²) in [5.74, 6) is 0.788. The van der Waals surface area contributed by atoms with Crippen molar-refractivity contribution in [2.45, 2.75) is 18.6 Å². The molecule has 6 nitrogen and oxygen atoms in total. The van der Waals surface area contributed by atoms with Crippen LogP contribution in [0.25, 0.3) is 11.4 Å². The highest BCUT2D eigenvalue weighted by molar-refractivity contribution is 6.17. The third kappa shape index (κ3) is 2.84. The zero-order valence-corrected chi connectivity index (χ0v) is 10.2. The molecule has 0 aliphatic heterocycles. The molecule has 0 bridgehead atoms. The molecular formula is C11H13ClN4O2. The molecule has 1 aromatic heterocycles. The van der Waals surface area contributed by atoms with Crippen LogP contribution < -0.4 is 0 Å². The second kappa shape index (κ2) is 5.90. The van der Waals surface area contributed by atoms with Crippen LogP contribution in [0, 0.1) is 0 Å². The average molecular weight is 269 g/mol. The molecule has 2 rings (SSSR count). The van der Waals surface area contributed by atoms with Crippen LogP contribution in [0.3, 0.4) is 0 Å². The van der Waals surface area contributed by atoms with Crippen molar-refractivity contribution >= 4 is 11.6 Å². The van der Waals surface area contributed by atoms with E-state index in [-0.39, 0.29) is 0 Å². The highest BCUT2D eigenvalue weighted by Gasteiger charge is 2.17. The van der Waals surface area contributed by atoms with Gasteiger partial charge in [-0.15, -0.1) is 21.8 Å². The zero-order valence-electron chi connectivity index (χ0n) is 9.49. The first-order valence-corrected chi connectivity index (χ1v) is 6.01. The number of alkyl halides is 1. The van der Waals surface area contributed by atoms with Crippen molar-refractivity contribution in [3.05, 3.63) is 29.8 Å². The van der Waals surface area contributed by atoms with Crippen LogP contribution in [0.5, 0.6) is 0 Å². The molecule has 2 atom stereocenters. The van der Waals surface area contributed by atoms with E-state index in [1.54, 1.807) is 24.3 Å². The molecular weight excluding hydrogens is 256 g/mol. The van der Waals surface area contributed by atoms with E-state index in [0.717, 1.165) is 5.56 Å². The zero-order chi connectivity index (χ0) is 13.0. The number of H-pyrrole nitrogens is 1. The quantitative estimate of drug-likeness (QED) is 0.700. The molecule has 0 radical (unpaired) electrons. The van der Waals surface area contributed by atoms with Gasteiger partial charge in [-0.05, 0) is 17.2 Å². The molecule has 7 heteroatoms. The van der Waals surface area contributed by atoms with E-state index in [1.807, 2.05) is 0 Å². The summed E-state index contributed by atoms with van der Waals surface area (Å²) in [4.78, 5) is 0. The topological polar surface area (TPSA) is 94.9 Å². The number of halogens is 1. The number of hydrogen-bond donors (Lipinski definition) is 3. The number of hydrogen-bond acceptors (Lipinski definition) is 5. The average Bonchev–Trinajstić information content (AvgIpc) is 2.92. The summed E-state index contributed by atoms with van der Waals surface area (Å²) in [5.41, 5.74) is 1.41. The van der Waals surface area contributed by atoms with E-state index >= 15 is 0 Å². The summed E-state index contributed by atoms with van der Waals surface area (Å²) >= 11 is 5.52. The smallest absolute Gasteiger partial charge is 0.204 e. The fourth-order valence-corrected chi connectivity index (χ4v) is 1.83. The number of aromatic amines is 1. The molecule has 0 fully saturated rings. The van der Waals surface area contributed by atoms with E-state index < -0.39 is 12.2 Å². The van der Waals surface area contributed by atoms with Gasteiger partial charge in [0.15, 0.2) is 0 Å². The fraction of sp³-hybridized carbons (Fsp3) is 0.364. The van der Waals surface area contributed by atoms with Gasteiger partial charge < -0.3 is 10.2 Å². The number of benzene rings is 1. The SMILES string of the molecule is OC(CCCl)C(O)c1ccc(-c2nn[nH]n2)cc1. The minimum atomic E-state index is -0.942. The van der Waals surface area contributed by atoms with E-state index in [4.69, 9.17) is 11.6 Å². The Balaban J connectivity index is 2.12. The van der Waals surface area contributed by atoms with E-state index in [9.17, 15) is 10.2 Å². The second-order valence-corrected chi connectivity index (χ2v) is 4.23. The number of aromatic nitrogens is 4. The van der Waals surface area contributed by atoms with Crippen LogP contribution in [0.15, 0.2) is 24.3 Å². The lowest BCUT2D eigenvalue weighted by molar-refractivity contribution is 0.0170. The first kappa shape index (κ1) is 12.9. The lowest BCUT2D eigenvalue weighted by atomic mass is 10.0. The summed E-state index contributed by atoms with van der Waals surface area (Å²) in [6.07, 6.45) is -1.46. The predicted octanol–water partition coefficient (Wildman–Crippen LogP) is 0.890. The first-order valence-electron chi connectivity index (χ1n) is 5.48. The molecule has 1 heterocycles. The Bertz CT molecular complexity index is 474. The maximum Gasteiger partial charge on any atom is 0.204 e. The number of aliphatic hydroxyl groups is 2. The molecule has 96 valence electrons. The monoisotopic (exact) mass is 268 g/mol. The van der Waals surface area contributed by atoms with Crippen molar-refractivity contribution in [1.82, 2.24) is 20.6 Å². The van der Waals surface area contributed by atoms with Crippen LogP contribution >= 0.6 is 11.6 Å². The fourth-order valence-electron chi connectivity index (χ4n) is 1.61. The van der Waals surface area contributed by atoms with Gasteiger partial charge in [0.25, 0.3) is 0 Å². The van der Waals surface area contributed by atoms with Gasteiger partial charge in [-0.25, -0.2) is 0 Å². The Morgan fingerprint density at radius 1 is 1.22 bits per heavy atom. The molecule has 2 aromatic rings. The minimum absolute atomic E-state index is 0.305. The molecule has 0 spiro atoms. The summed E-state index contributed by atoms with van der Waals surface area (Å²) in [6, 6.07) is 6.95. The Morgan fingerprint density at radius 3 is 2.50 bits per heavy atom. The van der Waals surface area contributed by atoms with E-state index in [2.05, 4.69) is 20.6 Å². The third-order valence-electron chi connectivity index (χ3n) is 2.63. The molecule has 3 N–H and O–H groups in total. The largest absolute Gasteiger partial charge is 0.390 e. The van der Waals surface area contributed by atoms with Crippen LogP contribution in [0.4, 0.5) is 0 Å². The molecule has 0 aliphatic rings. The van der Waals surface area contributed by atoms with Crippen molar-refractivity contribution in [1.29, 1.82) is 0 Å². The Morgan fingerprint density at radius 2 is 1.94 bits per heavy atom. The summed E-state index contributed by atoms with van der Waals surface area (Å²) < 4.78 is 0. The van der Waals surface area contributed by atoms with Crippen molar-refractivity contribution in [3.8, 4) is 11.4 Å². The number of rotatable bonds is 5. The highest BCUT2D eigenvalue weighted by Crippen LogP contribution is 2.22. The maximum atomic E-state index is 9.88. The minimum Gasteiger partial charge on any atom is -0.390 e. The van der Waals surface area contributed by atoms with Gasteiger partial charge >= 0.3 is 0 Å². The van der Waals surface area contributed by atoms with Crippen LogP contribution in [-0.4, -0.2) is 42.8 Å². The summed E-state index contributed by atoms with van der Waals surface area (Å²) in [6.45, 7) is 0. The van der Waals surface area contributed by atoms with Crippen molar-refractivity contribution in [2.24, 2.45) is 0 Å². The number of tetrazole rings is 1. The van der Waals surface area contributed by atoms with Gasteiger partial charge in [0, 0.05) is 11.4 Å². The predicted molar refractivity (Wildman–Crippen MR) is 65.9 cm³/mol. The van der Waals surface area contributed by atoms with Gasteiger partial charge in [0.1, 0.15) is 6.10 Å². The van der Waals surface area contributed by atoms with Crippen molar-refractivity contribution < 1.29 is 10.2 Å². The Hall–Kier alpha value is -1.50. The van der Waals surface area contributed by atoms with Crippen LogP contribution in [0.1, 0.15) is 18.1 Å². The summed E-state index contributed by atoms with van der Waals surface area (Å²) in [5, 5.41) is 33.1. The normalized spacial score (nSPS) is 14.4. The van der Waals surface area contributed by atoms with E-state index in [1.165, 1.54) is 0 Å². The lowest BCUT2D eigenvalue weighted by Crippen LogP contribution is -2.18. The Kier molecular flexibility index (Phi) is 4.24. The maximum absolute atomic E-state index is 9.88. The molecule has 0 amide bonds. The first-order chi connectivity index (χ1) is 8.72. The second-order valence-electron chi connectivity index (χ2n) is 3.85. The lowest BCUT2D eigenvalue weighted by Gasteiger charge is -2.17. The summed E-state index contributed by atoms with van der Waals surface area (Å²) in [7, 11) is 0. The number of nitrogens with one attached hydrogen (secondary N) is 1. The molecule has 0 saturated heterocycles. The highest BCUT2D eigenvalue weighted by atomic mass is 35.5. The standard InChI is InChI=1S/C11H13ClN4O2/c12-6-5-9(17)10(18)7-1-3-8(4-2-7)11-13-15-16-14-11/h1-4,9-10,17-18H,5-6H2,(H,13,14,15,16). The third-order valence-corrected chi connectivity index (χ3v) is 2.84. The number of nitrogens with zero attached hydrogens (tertiary/aromatic N) is 3. The Labute approximate surface area is 109 Å². The van der Waals surface area contributed by atoms with Gasteiger partial charge in [-0.3, -0.25) is 0 Å². The van der Waals surface area contributed by atoms with Gasteiger partial charge in [0.2, 0.25) is 5.82 Å². The molecule has 0 saturated carbocycles. The van der Waals surface area contributed by atoms with Crippen molar-refractivity contribution in [2.75, 3.05) is 5.88 Å². The van der Waals surface area contributed by atoms with Gasteiger partial charge in [0.05, 0.1) is 6.10 Å².